The molecule has 0 radical (unpaired) electrons. The summed E-state index contributed by atoms with van der Waals surface area (Å²) in [6.07, 6.45) is 5.04. The summed E-state index contributed by atoms with van der Waals surface area (Å²) in [4.78, 5) is 29.6. The second-order valence-corrected chi connectivity index (χ2v) is 9.54. The SMILES string of the molecule is Cc1csc(NC(=O)c2ccccc2Sc2ncnc3sc4c(c23)CCC4)n1. The van der Waals surface area contributed by atoms with Crippen LogP contribution >= 0.6 is 34.4 Å². The third kappa shape index (κ3) is 3.21. The molecule has 0 bridgehead atoms. The van der Waals surface area contributed by atoms with Gasteiger partial charge in [-0.3, -0.25) is 10.1 Å². The summed E-state index contributed by atoms with van der Waals surface area (Å²) in [5, 5.41) is 7.53. The molecule has 140 valence electrons. The minimum Gasteiger partial charge on any atom is -0.298 e. The number of benzene rings is 1. The fraction of sp³-hybridized carbons (Fsp3) is 0.200. The molecule has 0 saturated carbocycles. The molecule has 1 amide bonds. The van der Waals surface area contributed by atoms with E-state index in [-0.39, 0.29) is 5.91 Å². The average Bonchev–Trinajstić information content (AvgIpc) is 3.38. The van der Waals surface area contributed by atoms with Gasteiger partial charge in [0.1, 0.15) is 16.2 Å². The van der Waals surface area contributed by atoms with Crippen LogP contribution in [0.1, 0.15) is 32.9 Å². The molecular weight excluding hydrogens is 408 g/mol. The maximum Gasteiger partial charge on any atom is 0.258 e. The van der Waals surface area contributed by atoms with E-state index >= 15 is 0 Å². The van der Waals surface area contributed by atoms with E-state index in [1.165, 1.54) is 40.0 Å². The van der Waals surface area contributed by atoms with E-state index in [9.17, 15) is 4.79 Å². The number of aryl methyl sites for hydroxylation is 3. The van der Waals surface area contributed by atoms with Crippen molar-refractivity contribution >= 4 is 55.7 Å². The molecule has 8 heteroatoms. The lowest BCUT2D eigenvalue weighted by molar-refractivity contribution is 0.102. The Balaban J connectivity index is 1.50. The summed E-state index contributed by atoms with van der Waals surface area (Å²) in [6.45, 7) is 1.91. The first-order valence-electron chi connectivity index (χ1n) is 8.94. The van der Waals surface area contributed by atoms with Crippen LogP contribution in [0, 0.1) is 6.92 Å². The molecule has 0 fully saturated rings. The predicted octanol–water partition coefficient (Wildman–Crippen LogP) is 5.35. The Kier molecular flexibility index (Phi) is 4.62. The number of carbonyl (C=O) groups is 1. The minimum absolute atomic E-state index is 0.154. The van der Waals surface area contributed by atoms with Gasteiger partial charge in [0, 0.05) is 20.5 Å². The number of hydrogen-bond donors (Lipinski definition) is 1. The molecule has 0 atom stereocenters. The normalized spacial score (nSPS) is 13.0. The van der Waals surface area contributed by atoms with E-state index in [0.29, 0.717) is 10.7 Å². The van der Waals surface area contributed by atoms with Crippen LogP contribution in [0.3, 0.4) is 0 Å². The Morgan fingerprint density at radius 3 is 2.96 bits per heavy atom. The smallest absolute Gasteiger partial charge is 0.258 e. The van der Waals surface area contributed by atoms with E-state index in [0.717, 1.165) is 38.7 Å². The quantitative estimate of drug-likeness (QED) is 0.447. The third-order valence-electron chi connectivity index (χ3n) is 4.64. The van der Waals surface area contributed by atoms with Gasteiger partial charge < -0.3 is 0 Å². The molecule has 28 heavy (non-hydrogen) atoms. The van der Waals surface area contributed by atoms with Crippen LogP contribution in [-0.4, -0.2) is 20.9 Å². The highest BCUT2D eigenvalue weighted by Gasteiger charge is 2.22. The first-order chi connectivity index (χ1) is 13.7. The molecule has 3 heterocycles. The number of thiophene rings is 1. The fourth-order valence-corrected chi connectivity index (χ4v) is 6.42. The number of thiazole rings is 1. The highest BCUT2D eigenvalue weighted by molar-refractivity contribution is 7.99. The molecule has 5 nitrogen and oxygen atoms in total. The summed E-state index contributed by atoms with van der Waals surface area (Å²) in [7, 11) is 0. The average molecular weight is 425 g/mol. The van der Waals surface area contributed by atoms with Gasteiger partial charge in [0.05, 0.1) is 11.3 Å². The van der Waals surface area contributed by atoms with Crippen LogP contribution in [0.25, 0.3) is 10.2 Å². The molecule has 4 aromatic rings. The van der Waals surface area contributed by atoms with Crippen LogP contribution in [-0.2, 0) is 12.8 Å². The first kappa shape index (κ1) is 17.8. The van der Waals surface area contributed by atoms with Crippen LogP contribution in [0.2, 0.25) is 0 Å². The molecular formula is C20H16N4OS3. The van der Waals surface area contributed by atoms with Crippen molar-refractivity contribution in [1.82, 2.24) is 15.0 Å². The molecule has 3 aromatic heterocycles. The number of rotatable bonds is 4. The van der Waals surface area contributed by atoms with Crippen LogP contribution in [0.5, 0.6) is 0 Å². The zero-order valence-electron chi connectivity index (χ0n) is 15.1. The molecule has 0 spiro atoms. The highest BCUT2D eigenvalue weighted by atomic mass is 32.2. The van der Waals surface area contributed by atoms with Crippen LogP contribution in [0.15, 0.2) is 45.9 Å². The van der Waals surface area contributed by atoms with Crippen LogP contribution in [0.4, 0.5) is 5.13 Å². The number of hydrogen-bond acceptors (Lipinski definition) is 7. The Morgan fingerprint density at radius 1 is 1.21 bits per heavy atom. The number of amides is 1. The van der Waals surface area contributed by atoms with Gasteiger partial charge in [0.25, 0.3) is 5.91 Å². The molecule has 1 aliphatic rings. The van der Waals surface area contributed by atoms with Gasteiger partial charge in [-0.2, -0.15) is 0 Å². The highest BCUT2D eigenvalue weighted by Crippen LogP contribution is 2.42. The lowest BCUT2D eigenvalue weighted by atomic mass is 10.2. The van der Waals surface area contributed by atoms with Gasteiger partial charge in [-0.1, -0.05) is 23.9 Å². The predicted molar refractivity (Wildman–Crippen MR) is 115 cm³/mol. The van der Waals surface area contributed by atoms with E-state index in [1.807, 2.05) is 36.6 Å². The molecule has 5 rings (SSSR count). The number of carbonyl (C=O) groups excluding carboxylic acids is 1. The van der Waals surface area contributed by atoms with Gasteiger partial charge in [-0.05, 0) is 43.9 Å². The van der Waals surface area contributed by atoms with E-state index in [1.54, 1.807) is 17.7 Å². The molecule has 0 aliphatic heterocycles. The summed E-state index contributed by atoms with van der Waals surface area (Å²) in [5.41, 5.74) is 2.92. The maximum atomic E-state index is 12.8. The van der Waals surface area contributed by atoms with Crippen molar-refractivity contribution in [2.45, 2.75) is 36.1 Å². The number of fused-ring (bicyclic) bond motifs is 3. The summed E-state index contributed by atoms with van der Waals surface area (Å²) in [5.74, 6) is -0.154. The van der Waals surface area contributed by atoms with Gasteiger partial charge in [0.15, 0.2) is 5.13 Å². The fourth-order valence-electron chi connectivity index (χ4n) is 3.40. The topological polar surface area (TPSA) is 67.8 Å². The van der Waals surface area contributed by atoms with Crippen molar-refractivity contribution in [2.24, 2.45) is 0 Å². The van der Waals surface area contributed by atoms with Gasteiger partial charge in [0.2, 0.25) is 0 Å². The van der Waals surface area contributed by atoms with Crippen molar-refractivity contribution in [3.8, 4) is 0 Å². The minimum atomic E-state index is -0.154. The van der Waals surface area contributed by atoms with Crippen molar-refractivity contribution in [2.75, 3.05) is 5.32 Å². The molecule has 1 aliphatic carbocycles. The van der Waals surface area contributed by atoms with Crippen molar-refractivity contribution in [1.29, 1.82) is 0 Å². The molecule has 0 unspecified atom stereocenters. The van der Waals surface area contributed by atoms with Gasteiger partial charge in [-0.15, -0.1) is 22.7 Å². The van der Waals surface area contributed by atoms with Crippen molar-refractivity contribution < 1.29 is 4.79 Å². The van der Waals surface area contributed by atoms with Crippen molar-refractivity contribution in [3.05, 3.63) is 57.7 Å². The number of aromatic nitrogens is 3. The zero-order valence-corrected chi connectivity index (χ0v) is 17.5. The van der Waals surface area contributed by atoms with E-state index < -0.39 is 0 Å². The summed E-state index contributed by atoms with van der Waals surface area (Å²) in [6, 6.07) is 7.63. The Labute approximate surface area is 174 Å². The zero-order chi connectivity index (χ0) is 19.1. The number of anilines is 1. The van der Waals surface area contributed by atoms with E-state index in [2.05, 4.69) is 20.3 Å². The lowest BCUT2D eigenvalue weighted by Crippen LogP contribution is -2.12. The van der Waals surface area contributed by atoms with Crippen molar-refractivity contribution in [3.63, 3.8) is 0 Å². The molecule has 0 saturated heterocycles. The van der Waals surface area contributed by atoms with Gasteiger partial charge in [-0.25, -0.2) is 15.0 Å². The Morgan fingerprint density at radius 2 is 2.11 bits per heavy atom. The Bertz CT molecular complexity index is 1200. The summed E-state index contributed by atoms with van der Waals surface area (Å²) < 4.78 is 0. The second-order valence-electron chi connectivity index (χ2n) is 6.56. The largest absolute Gasteiger partial charge is 0.298 e. The maximum absolute atomic E-state index is 12.8. The van der Waals surface area contributed by atoms with E-state index in [4.69, 9.17) is 0 Å². The molecule has 1 N–H and O–H groups in total. The molecule has 1 aromatic carbocycles. The summed E-state index contributed by atoms with van der Waals surface area (Å²) >= 11 is 4.74. The third-order valence-corrected chi connectivity index (χ3v) is 7.80. The van der Waals surface area contributed by atoms with Crippen LogP contribution < -0.4 is 5.32 Å². The lowest BCUT2D eigenvalue weighted by Gasteiger charge is -2.09. The number of nitrogens with zero attached hydrogens (tertiary/aromatic N) is 3. The first-order valence-corrected chi connectivity index (χ1v) is 11.5. The standard InChI is InChI=1S/C20H16N4OS3/c1-11-9-26-20(23-11)24-17(25)13-5-2-3-7-15(13)28-19-16-12-6-4-8-14(12)27-18(16)21-10-22-19/h2-3,5,7,9-10H,4,6,8H2,1H3,(H,23,24,25). The number of nitrogens with one attached hydrogen (secondary N) is 1. The van der Waals surface area contributed by atoms with Gasteiger partial charge >= 0.3 is 0 Å². The Hall–Kier alpha value is -2.29. The monoisotopic (exact) mass is 424 g/mol. The second kappa shape index (κ2) is 7.27.